The minimum Gasteiger partial charge on any atom is -0.444 e. The van der Waals surface area contributed by atoms with Crippen LogP contribution in [0.2, 0.25) is 0 Å². The Labute approximate surface area is 171 Å². The van der Waals surface area contributed by atoms with Crippen LogP contribution in [0.15, 0.2) is 29.2 Å². The fourth-order valence-electron chi connectivity index (χ4n) is 2.01. The molecule has 1 aromatic carbocycles. The number of hydrogen-bond acceptors (Lipinski definition) is 6. The van der Waals surface area contributed by atoms with Gasteiger partial charge < -0.3 is 10.1 Å². The third-order valence-corrected chi connectivity index (χ3v) is 5.27. The molecule has 0 radical (unpaired) electrons. The predicted octanol–water partition coefficient (Wildman–Crippen LogP) is 0.678. The minimum absolute atomic E-state index is 0.0122. The van der Waals surface area contributed by atoms with E-state index >= 15 is 0 Å². The third kappa shape index (κ3) is 8.92. The number of sulfonamides is 1. The van der Waals surface area contributed by atoms with Crippen molar-refractivity contribution < 1.29 is 27.5 Å². The summed E-state index contributed by atoms with van der Waals surface area (Å²) in [6.07, 6.45) is -0.755. The molecular weight excluding hydrogens is 400 g/mol. The fourth-order valence-corrected chi connectivity index (χ4v) is 3.14. The van der Waals surface area contributed by atoms with Crippen molar-refractivity contribution in [3.05, 3.63) is 29.8 Å². The number of rotatable bonds is 7. The molecule has 0 bridgehead atoms. The monoisotopic (exact) mass is 428 g/mol. The molecule has 3 N–H and O–H groups in total. The van der Waals surface area contributed by atoms with Gasteiger partial charge in [0.25, 0.3) is 5.91 Å². The Hall–Kier alpha value is -2.66. The van der Waals surface area contributed by atoms with Crippen LogP contribution in [0.1, 0.15) is 32.8 Å². The molecule has 3 amide bonds. The van der Waals surface area contributed by atoms with E-state index in [0.717, 1.165) is 9.87 Å². The smallest absolute Gasteiger partial charge is 0.407 e. The maximum atomic E-state index is 12.4. The Morgan fingerprint density at radius 3 is 2.14 bits per heavy atom. The Bertz CT molecular complexity index is 831. The highest BCUT2D eigenvalue weighted by Crippen LogP contribution is 2.14. The van der Waals surface area contributed by atoms with Crippen molar-refractivity contribution >= 4 is 27.9 Å². The molecule has 0 aliphatic rings. The van der Waals surface area contributed by atoms with E-state index in [9.17, 15) is 22.8 Å². The first kappa shape index (κ1) is 24.4. The summed E-state index contributed by atoms with van der Waals surface area (Å²) in [6, 6.07) is 6.23. The lowest BCUT2D eigenvalue weighted by atomic mass is 10.2. The third-order valence-electron chi connectivity index (χ3n) is 3.46. The van der Waals surface area contributed by atoms with Crippen LogP contribution in [-0.4, -0.2) is 56.4 Å². The van der Waals surface area contributed by atoms with E-state index in [1.165, 1.54) is 19.2 Å². The Morgan fingerprint density at radius 1 is 1.03 bits per heavy atom. The van der Waals surface area contributed by atoms with Crippen LogP contribution in [0.4, 0.5) is 4.79 Å². The summed E-state index contributed by atoms with van der Waals surface area (Å²) in [4.78, 5) is 35.1. The first-order valence-corrected chi connectivity index (χ1v) is 10.3. The molecule has 0 fully saturated rings. The van der Waals surface area contributed by atoms with Crippen LogP contribution in [0.3, 0.4) is 0 Å². The van der Waals surface area contributed by atoms with Gasteiger partial charge in [-0.15, -0.1) is 0 Å². The minimum atomic E-state index is -3.83. The van der Waals surface area contributed by atoms with Gasteiger partial charge in [-0.3, -0.25) is 20.4 Å². The average molecular weight is 429 g/mol. The van der Waals surface area contributed by atoms with Gasteiger partial charge in [0.1, 0.15) is 5.60 Å². The van der Waals surface area contributed by atoms with Crippen molar-refractivity contribution in [1.29, 1.82) is 0 Å². The van der Waals surface area contributed by atoms with E-state index in [0.29, 0.717) is 0 Å². The summed E-state index contributed by atoms with van der Waals surface area (Å²) in [6.45, 7) is 6.50. The maximum absolute atomic E-state index is 12.4. The molecule has 0 atom stereocenters. The van der Waals surface area contributed by atoms with Gasteiger partial charge in [-0.25, -0.2) is 13.2 Å². The fraction of sp³-hybridized carbons (Fsp3) is 0.500. The highest BCUT2D eigenvalue weighted by atomic mass is 32.2. The van der Waals surface area contributed by atoms with Gasteiger partial charge >= 0.3 is 6.09 Å². The largest absolute Gasteiger partial charge is 0.444 e. The Balaban J connectivity index is 2.39. The second-order valence-corrected chi connectivity index (χ2v) is 9.39. The lowest BCUT2D eigenvalue weighted by Gasteiger charge is -2.19. The molecule has 0 heterocycles. The van der Waals surface area contributed by atoms with Gasteiger partial charge in [0.05, 0.1) is 11.4 Å². The Morgan fingerprint density at radius 2 is 1.59 bits per heavy atom. The molecule has 10 nitrogen and oxygen atoms in total. The molecule has 0 aliphatic carbocycles. The molecule has 0 aliphatic heterocycles. The van der Waals surface area contributed by atoms with E-state index in [2.05, 4.69) is 16.2 Å². The summed E-state index contributed by atoms with van der Waals surface area (Å²) in [5.74, 6) is -1.27. The number of likely N-dealkylation sites (N-methyl/N-ethyl adjacent to an activating group) is 1. The molecule has 29 heavy (non-hydrogen) atoms. The average Bonchev–Trinajstić information content (AvgIpc) is 2.58. The molecule has 0 saturated heterocycles. The summed E-state index contributed by atoms with van der Waals surface area (Å²) >= 11 is 0. The molecule has 0 aromatic heterocycles. The first-order chi connectivity index (χ1) is 13.3. The topological polar surface area (TPSA) is 134 Å². The quantitative estimate of drug-likeness (QED) is 0.547. The molecule has 1 aromatic rings. The molecule has 1 rings (SSSR count). The van der Waals surface area contributed by atoms with Crippen LogP contribution >= 0.6 is 0 Å². The molecule has 0 spiro atoms. The van der Waals surface area contributed by atoms with Crippen LogP contribution in [0.25, 0.3) is 0 Å². The van der Waals surface area contributed by atoms with Gasteiger partial charge in [-0.1, -0.05) is 17.7 Å². The molecule has 0 saturated carbocycles. The van der Waals surface area contributed by atoms with Crippen molar-refractivity contribution in [2.75, 3.05) is 20.1 Å². The van der Waals surface area contributed by atoms with Gasteiger partial charge in [-0.2, -0.15) is 4.31 Å². The number of hydrazine groups is 1. The molecule has 162 valence electrons. The van der Waals surface area contributed by atoms with Crippen molar-refractivity contribution in [2.24, 2.45) is 0 Å². The zero-order valence-electron chi connectivity index (χ0n) is 17.2. The number of carbonyl (C=O) groups excluding carboxylic acids is 3. The van der Waals surface area contributed by atoms with E-state index in [1.807, 2.05) is 6.92 Å². The molecular formula is C18H28N4O6S. The number of benzene rings is 1. The SMILES string of the molecule is Cc1ccc(S(=O)(=O)N(C)CC(=O)NNC(=O)CCNC(=O)OC(C)(C)C)cc1. The van der Waals surface area contributed by atoms with Gasteiger partial charge in [0.15, 0.2) is 0 Å². The first-order valence-electron chi connectivity index (χ1n) is 8.89. The standard InChI is InChI=1S/C18H28N4O6S/c1-13-6-8-14(9-7-13)29(26,27)22(5)12-16(24)21-20-15(23)10-11-19-17(25)28-18(2,3)4/h6-9H,10-12H2,1-5H3,(H,19,25)(H,20,23)(H,21,24). The number of ether oxygens (including phenoxy) is 1. The summed E-state index contributed by atoms with van der Waals surface area (Å²) in [5, 5.41) is 2.41. The predicted molar refractivity (Wildman–Crippen MR) is 106 cm³/mol. The van der Waals surface area contributed by atoms with E-state index < -0.39 is 40.1 Å². The normalized spacial score (nSPS) is 11.7. The summed E-state index contributed by atoms with van der Waals surface area (Å²) in [5.41, 5.74) is 4.55. The number of carbonyl (C=O) groups is 3. The van der Waals surface area contributed by atoms with Gasteiger partial charge in [0.2, 0.25) is 15.9 Å². The number of amides is 3. The number of nitrogens with zero attached hydrogens (tertiary/aromatic N) is 1. The van der Waals surface area contributed by atoms with Crippen molar-refractivity contribution in [2.45, 2.75) is 44.6 Å². The number of hydrogen-bond donors (Lipinski definition) is 3. The van der Waals surface area contributed by atoms with Crippen LogP contribution in [0.5, 0.6) is 0 Å². The summed E-state index contributed by atoms with van der Waals surface area (Å²) < 4.78 is 30.8. The van der Waals surface area contributed by atoms with Crippen molar-refractivity contribution in [3.8, 4) is 0 Å². The second-order valence-electron chi connectivity index (χ2n) is 7.35. The van der Waals surface area contributed by atoms with Crippen molar-refractivity contribution in [3.63, 3.8) is 0 Å². The Kier molecular flexibility index (Phi) is 8.59. The number of alkyl carbamates (subject to hydrolysis) is 1. The maximum Gasteiger partial charge on any atom is 0.407 e. The van der Waals surface area contributed by atoms with Crippen LogP contribution in [0, 0.1) is 6.92 Å². The zero-order valence-corrected chi connectivity index (χ0v) is 18.1. The van der Waals surface area contributed by atoms with Gasteiger partial charge in [0, 0.05) is 20.0 Å². The zero-order chi connectivity index (χ0) is 22.2. The summed E-state index contributed by atoms with van der Waals surface area (Å²) in [7, 11) is -2.56. The van der Waals surface area contributed by atoms with E-state index in [1.54, 1.807) is 32.9 Å². The molecule has 0 unspecified atom stereocenters. The highest BCUT2D eigenvalue weighted by molar-refractivity contribution is 7.89. The lowest BCUT2D eigenvalue weighted by Crippen LogP contribution is -2.47. The second kappa shape index (κ2) is 10.2. The van der Waals surface area contributed by atoms with Gasteiger partial charge in [-0.05, 0) is 39.8 Å². The van der Waals surface area contributed by atoms with E-state index in [-0.39, 0.29) is 17.9 Å². The molecule has 11 heteroatoms. The lowest BCUT2D eigenvalue weighted by molar-refractivity contribution is -0.128. The number of nitrogens with one attached hydrogen (secondary N) is 3. The van der Waals surface area contributed by atoms with Crippen LogP contribution in [-0.2, 0) is 24.3 Å². The highest BCUT2D eigenvalue weighted by Gasteiger charge is 2.23. The number of aryl methyl sites for hydroxylation is 1. The van der Waals surface area contributed by atoms with E-state index in [4.69, 9.17) is 4.74 Å². The van der Waals surface area contributed by atoms with Crippen LogP contribution < -0.4 is 16.2 Å². The van der Waals surface area contributed by atoms with Crippen molar-refractivity contribution in [1.82, 2.24) is 20.5 Å².